The summed E-state index contributed by atoms with van der Waals surface area (Å²) in [4.78, 5) is 26.7. The third kappa shape index (κ3) is 5.51. The van der Waals surface area contributed by atoms with E-state index in [0.717, 1.165) is 35.3 Å². The van der Waals surface area contributed by atoms with Crippen LogP contribution in [0.1, 0.15) is 64.5 Å². The average Bonchev–Trinajstić information content (AvgIpc) is 3.16. The third-order valence-corrected chi connectivity index (χ3v) is 6.44. The van der Waals surface area contributed by atoms with Gasteiger partial charge in [0.25, 0.3) is 0 Å². The van der Waals surface area contributed by atoms with Gasteiger partial charge in [-0.3, -0.25) is 0 Å². The van der Waals surface area contributed by atoms with Gasteiger partial charge in [-0.2, -0.15) is 0 Å². The predicted molar refractivity (Wildman–Crippen MR) is 150 cm³/mol. The molecule has 0 N–H and O–H groups in total. The molecule has 2 aromatic heterocycles. The van der Waals surface area contributed by atoms with Crippen LogP contribution in [-0.4, -0.2) is 40.3 Å². The van der Waals surface area contributed by atoms with E-state index < -0.39 is 11.7 Å². The Morgan fingerprint density at radius 2 is 1.92 bits per heavy atom. The summed E-state index contributed by atoms with van der Waals surface area (Å²) in [6.45, 7) is 16.3. The van der Waals surface area contributed by atoms with Crippen LogP contribution in [0.5, 0.6) is 0 Å². The van der Waals surface area contributed by atoms with Gasteiger partial charge in [-0.25, -0.2) is 19.7 Å². The summed E-state index contributed by atoms with van der Waals surface area (Å²) in [5, 5.41) is 0.533. The predicted octanol–water partition coefficient (Wildman–Crippen LogP) is 7.62. The molecule has 0 fully saturated rings. The van der Waals surface area contributed by atoms with Gasteiger partial charge in [-0.05, 0) is 69.7 Å². The number of hydrogen-bond donors (Lipinski definition) is 0. The lowest BCUT2D eigenvalue weighted by Crippen LogP contribution is -2.36. The molecule has 0 saturated carbocycles. The summed E-state index contributed by atoms with van der Waals surface area (Å²) in [5.74, 6) is 1.54. The van der Waals surface area contributed by atoms with Gasteiger partial charge in [0.1, 0.15) is 16.9 Å². The van der Waals surface area contributed by atoms with Crippen molar-refractivity contribution < 1.29 is 9.53 Å². The number of pyridine rings is 1. The first-order valence-corrected chi connectivity index (χ1v) is 12.8. The summed E-state index contributed by atoms with van der Waals surface area (Å²) in [6, 6.07) is 5.91. The molecule has 8 heteroatoms. The second-order valence-corrected chi connectivity index (χ2v) is 10.6. The Labute approximate surface area is 219 Å². The van der Waals surface area contributed by atoms with Crippen molar-refractivity contribution >= 4 is 46.2 Å². The summed E-state index contributed by atoms with van der Waals surface area (Å²) in [6.07, 6.45) is 4.91. The number of carbonyl (C=O) groups is 1. The number of aryl methyl sites for hydroxylation is 1. The molecule has 0 unspecified atom stereocenters. The Bertz CT molecular complexity index is 1260. The third-order valence-electron chi connectivity index (χ3n) is 6.14. The molecular weight excluding hydrogens is 474 g/mol. The molecule has 2 heterocycles. The molecule has 7 nitrogen and oxygen atoms in total. The Morgan fingerprint density at radius 3 is 2.44 bits per heavy atom. The normalized spacial score (nSPS) is 11.7. The largest absolute Gasteiger partial charge is 0.443 e. The smallest absolute Gasteiger partial charge is 0.421 e. The highest BCUT2D eigenvalue weighted by Gasteiger charge is 2.32. The molecule has 1 aromatic carbocycles. The molecular formula is C28H38ClN5O2. The number of imidazole rings is 1. The first kappa shape index (κ1) is 27.5. The number of anilines is 3. The van der Waals surface area contributed by atoms with Crippen LogP contribution in [0, 0.1) is 6.92 Å². The van der Waals surface area contributed by atoms with Crippen molar-refractivity contribution in [1.82, 2.24) is 14.5 Å². The maximum atomic E-state index is 13.7. The molecule has 0 radical (unpaired) electrons. The Morgan fingerprint density at radius 1 is 1.25 bits per heavy atom. The zero-order chi connectivity index (χ0) is 26.8. The maximum Gasteiger partial charge on any atom is 0.421 e. The van der Waals surface area contributed by atoms with Gasteiger partial charge < -0.3 is 14.2 Å². The first-order valence-electron chi connectivity index (χ1n) is 12.4. The highest BCUT2D eigenvalue weighted by Crippen LogP contribution is 2.39. The van der Waals surface area contributed by atoms with E-state index in [1.54, 1.807) is 12.3 Å². The number of halogens is 1. The van der Waals surface area contributed by atoms with Gasteiger partial charge in [0, 0.05) is 20.6 Å². The number of ether oxygens (including phenoxy) is 1. The van der Waals surface area contributed by atoms with E-state index >= 15 is 0 Å². The molecule has 0 bridgehead atoms. The van der Waals surface area contributed by atoms with Crippen molar-refractivity contribution in [1.29, 1.82) is 0 Å². The van der Waals surface area contributed by atoms with E-state index in [-0.39, 0.29) is 0 Å². The molecule has 3 rings (SSSR count). The van der Waals surface area contributed by atoms with Crippen LogP contribution in [0.15, 0.2) is 37.1 Å². The van der Waals surface area contributed by atoms with Crippen LogP contribution in [0.2, 0.25) is 5.02 Å². The Balaban J connectivity index is 2.38. The zero-order valence-electron chi connectivity index (χ0n) is 22.7. The van der Waals surface area contributed by atoms with E-state index in [0.29, 0.717) is 34.6 Å². The monoisotopic (exact) mass is 511 g/mol. The van der Waals surface area contributed by atoms with Gasteiger partial charge in [0.05, 0.1) is 22.4 Å². The fourth-order valence-electron chi connectivity index (χ4n) is 4.36. The molecule has 3 aromatic rings. The van der Waals surface area contributed by atoms with Gasteiger partial charge in [0.2, 0.25) is 5.95 Å². The highest BCUT2D eigenvalue weighted by molar-refractivity contribution is 6.35. The lowest BCUT2D eigenvalue weighted by molar-refractivity contribution is 0.0596. The van der Waals surface area contributed by atoms with Crippen molar-refractivity contribution in [3.05, 3.63) is 53.2 Å². The van der Waals surface area contributed by atoms with Crippen LogP contribution in [0.3, 0.4) is 0 Å². The quantitative estimate of drug-likeness (QED) is 0.291. The van der Waals surface area contributed by atoms with Crippen molar-refractivity contribution in [2.45, 2.75) is 72.4 Å². The fraction of sp³-hybridized carbons (Fsp3) is 0.464. The second-order valence-electron chi connectivity index (χ2n) is 10.2. The van der Waals surface area contributed by atoms with Gasteiger partial charge in [-0.15, -0.1) is 6.58 Å². The van der Waals surface area contributed by atoms with Crippen molar-refractivity contribution in [3.8, 4) is 0 Å². The molecule has 0 spiro atoms. The number of rotatable bonds is 8. The SMILES string of the molecule is C=CCn1c(N(C(=O)OC(C)(C)C)c2cnc(N(C)C)cc2C)nc2c(Cl)ccc(C(CC)CC)c21. The van der Waals surface area contributed by atoms with E-state index in [1.807, 2.05) is 63.4 Å². The van der Waals surface area contributed by atoms with Crippen LogP contribution in [-0.2, 0) is 11.3 Å². The summed E-state index contributed by atoms with van der Waals surface area (Å²) in [7, 11) is 3.86. The lowest BCUT2D eigenvalue weighted by Gasteiger charge is -2.28. The highest BCUT2D eigenvalue weighted by atomic mass is 35.5. The van der Waals surface area contributed by atoms with E-state index in [2.05, 4.69) is 31.5 Å². The number of hydrogen-bond acceptors (Lipinski definition) is 5. The summed E-state index contributed by atoms with van der Waals surface area (Å²) in [5.41, 5.74) is 3.48. The van der Waals surface area contributed by atoms with Crippen molar-refractivity contribution in [2.24, 2.45) is 0 Å². The van der Waals surface area contributed by atoms with Crippen molar-refractivity contribution in [2.75, 3.05) is 23.9 Å². The molecule has 1 amide bonds. The van der Waals surface area contributed by atoms with Crippen LogP contribution in [0.25, 0.3) is 11.0 Å². The maximum absolute atomic E-state index is 13.7. The van der Waals surface area contributed by atoms with Gasteiger partial charge in [0.15, 0.2) is 0 Å². The van der Waals surface area contributed by atoms with Crippen molar-refractivity contribution in [3.63, 3.8) is 0 Å². The number of allylic oxidation sites excluding steroid dienone is 1. The van der Waals surface area contributed by atoms with Gasteiger partial charge in [-0.1, -0.05) is 37.6 Å². The molecule has 194 valence electrons. The Kier molecular flexibility index (Phi) is 8.34. The van der Waals surface area contributed by atoms with E-state index in [1.165, 1.54) is 4.90 Å². The second kappa shape index (κ2) is 10.9. The minimum Gasteiger partial charge on any atom is -0.443 e. The number of nitrogens with zero attached hydrogens (tertiary/aromatic N) is 5. The topological polar surface area (TPSA) is 63.5 Å². The number of amides is 1. The molecule has 36 heavy (non-hydrogen) atoms. The molecule has 0 aliphatic heterocycles. The minimum absolute atomic E-state index is 0.329. The van der Waals surface area contributed by atoms with Crippen LogP contribution < -0.4 is 9.80 Å². The molecule has 0 aliphatic carbocycles. The van der Waals surface area contributed by atoms with E-state index in [9.17, 15) is 4.79 Å². The standard InChI is InChI=1S/C28H38ClN5O2/c1-10-15-33-25-20(19(11-2)12-3)13-14-21(29)24(25)31-26(33)34(27(35)36-28(5,6)7)22-17-30-23(32(8)9)16-18(22)4/h10,13-14,16-17,19H,1,11-12,15H2,2-9H3. The van der Waals surface area contributed by atoms with Crippen LogP contribution in [0.4, 0.5) is 22.2 Å². The summed E-state index contributed by atoms with van der Waals surface area (Å²) >= 11 is 6.67. The number of fused-ring (bicyclic) bond motifs is 1. The lowest BCUT2D eigenvalue weighted by atomic mass is 9.93. The average molecular weight is 512 g/mol. The van der Waals surface area contributed by atoms with E-state index in [4.69, 9.17) is 21.3 Å². The van der Waals surface area contributed by atoms with Crippen LogP contribution >= 0.6 is 11.6 Å². The zero-order valence-corrected chi connectivity index (χ0v) is 23.5. The molecule has 0 aliphatic rings. The fourth-order valence-corrected chi connectivity index (χ4v) is 4.55. The molecule has 0 atom stereocenters. The first-order chi connectivity index (χ1) is 16.9. The number of aromatic nitrogens is 3. The molecule has 0 saturated heterocycles. The minimum atomic E-state index is -0.701. The number of carbonyl (C=O) groups excluding carboxylic acids is 1. The number of benzene rings is 1. The van der Waals surface area contributed by atoms with Gasteiger partial charge >= 0.3 is 6.09 Å². The Hall–Kier alpha value is -3.06. The summed E-state index contributed by atoms with van der Waals surface area (Å²) < 4.78 is 7.86.